The van der Waals surface area contributed by atoms with Gasteiger partial charge >= 0.3 is 0 Å². The number of aliphatic imine (C=N–C) groups is 1. The van der Waals surface area contributed by atoms with Gasteiger partial charge in [-0.25, -0.2) is 0 Å². The molecular formula is C17H27N3O2. The van der Waals surface area contributed by atoms with Gasteiger partial charge < -0.3 is 19.7 Å². The molecule has 1 fully saturated rings. The normalized spacial score (nSPS) is 18.8. The average molecular weight is 305 g/mol. The molecule has 0 bridgehead atoms. The van der Waals surface area contributed by atoms with E-state index in [1.54, 1.807) is 14.2 Å². The zero-order valence-electron chi connectivity index (χ0n) is 13.8. The van der Waals surface area contributed by atoms with Gasteiger partial charge in [-0.05, 0) is 17.5 Å². The van der Waals surface area contributed by atoms with Crippen LogP contribution in [0.5, 0.6) is 0 Å². The molecule has 1 atom stereocenters. The molecule has 0 aliphatic carbocycles. The number of guanidine groups is 1. The van der Waals surface area contributed by atoms with E-state index in [1.165, 1.54) is 11.1 Å². The third kappa shape index (κ3) is 4.71. The van der Waals surface area contributed by atoms with Gasteiger partial charge in [0.15, 0.2) is 5.96 Å². The standard InChI is InChI=1S/C17H27N3O2/c1-18-17(20-8-7-16(11-20)13-22-3)19-10-14-5-4-6-15(9-14)12-21-2/h4-6,9,16H,7-8,10-13H2,1-3H3,(H,18,19). The average Bonchev–Trinajstić information content (AvgIpc) is 2.98. The molecular weight excluding hydrogens is 278 g/mol. The first-order chi connectivity index (χ1) is 10.8. The second kappa shape index (κ2) is 8.76. The van der Waals surface area contributed by atoms with Gasteiger partial charge in [-0.1, -0.05) is 24.3 Å². The Bertz CT molecular complexity index is 491. The van der Waals surface area contributed by atoms with E-state index in [0.717, 1.165) is 38.6 Å². The summed E-state index contributed by atoms with van der Waals surface area (Å²) >= 11 is 0. The molecule has 1 aromatic carbocycles. The van der Waals surface area contributed by atoms with Crippen molar-refractivity contribution in [2.75, 3.05) is 41.0 Å². The molecule has 0 aromatic heterocycles. The van der Waals surface area contributed by atoms with Crippen LogP contribution in [-0.2, 0) is 22.6 Å². The largest absolute Gasteiger partial charge is 0.384 e. The Morgan fingerprint density at radius 1 is 1.32 bits per heavy atom. The molecule has 0 amide bonds. The first-order valence-electron chi connectivity index (χ1n) is 7.78. The quantitative estimate of drug-likeness (QED) is 0.644. The Balaban J connectivity index is 1.88. The van der Waals surface area contributed by atoms with Crippen molar-refractivity contribution in [3.05, 3.63) is 35.4 Å². The summed E-state index contributed by atoms with van der Waals surface area (Å²) in [5, 5.41) is 3.45. The maximum atomic E-state index is 5.25. The van der Waals surface area contributed by atoms with Crippen molar-refractivity contribution in [1.29, 1.82) is 0 Å². The second-order valence-corrected chi connectivity index (χ2v) is 5.71. The van der Waals surface area contributed by atoms with Crippen molar-refractivity contribution >= 4 is 5.96 Å². The smallest absolute Gasteiger partial charge is 0.193 e. The molecule has 1 heterocycles. The molecule has 1 aliphatic rings. The maximum absolute atomic E-state index is 5.25. The van der Waals surface area contributed by atoms with Crippen LogP contribution >= 0.6 is 0 Å². The number of methoxy groups -OCH3 is 2. The third-order valence-electron chi connectivity index (χ3n) is 3.95. The minimum absolute atomic E-state index is 0.605. The first kappa shape index (κ1) is 16.8. The van der Waals surface area contributed by atoms with Crippen molar-refractivity contribution in [3.8, 4) is 0 Å². The van der Waals surface area contributed by atoms with E-state index in [1.807, 2.05) is 7.05 Å². The summed E-state index contributed by atoms with van der Waals surface area (Å²) in [5.41, 5.74) is 2.43. The molecule has 0 spiro atoms. The topological polar surface area (TPSA) is 46.1 Å². The van der Waals surface area contributed by atoms with Crippen molar-refractivity contribution in [2.45, 2.75) is 19.6 Å². The number of likely N-dealkylation sites (tertiary alicyclic amines) is 1. The highest BCUT2D eigenvalue weighted by atomic mass is 16.5. The van der Waals surface area contributed by atoms with Gasteiger partial charge in [-0.3, -0.25) is 4.99 Å². The van der Waals surface area contributed by atoms with Crippen LogP contribution in [0.25, 0.3) is 0 Å². The van der Waals surface area contributed by atoms with Crippen molar-refractivity contribution in [2.24, 2.45) is 10.9 Å². The number of hydrogen-bond donors (Lipinski definition) is 1. The van der Waals surface area contributed by atoms with Crippen LogP contribution in [0.3, 0.4) is 0 Å². The Hall–Kier alpha value is -1.59. The van der Waals surface area contributed by atoms with Gasteiger partial charge in [0.1, 0.15) is 0 Å². The van der Waals surface area contributed by atoms with Gasteiger partial charge in [-0.2, -0.15) is 0 Å². The number of ether oxygens (including phenoxy) is 2. The minimum atomic E-state index is 0.605. The Morgan fingerprint density at radius 2 is 2.14 bits per heavy atom. The number of rotatable bonds is 6. The fraction of sp³-hybridized carbons (Fsp3) is 0.588. The molecule has 1 N–H and O–H groups in total. The van der Waals surface area contributed by atoms with E-state index in [2.05, 4.69) is 39.5 Å². The fourth-order valence-electron chi connectivity index (χ4n) is 2.91. The van der Waals surface area contributed by atoms with Crippen molar-refractivity contribution in [3.63, 3.8) is 0 Å². The lowest BCUT2D eigenvalue weighted by atomic mass is 10.1. The third-order valence-corrected chi connectivity index (χ3v) is 3.95. The molecule has 0 radical (unpaired) electrons. The molecule has 1 saturated heterocycles. The van der Waals surface area contributed by atoms with Crippen LogP contribution in [0, 0.1) is 5.92 Å². The molecule has 1 aromatic rings. The molecule has 5 nitrogen and oxygen atoms in total. The minimum Gasteiger partial charge on any atom is -0.384 e. The van der Waals surface area contributed by atoms with E-state index < -0.39 is 0 Å². The zero-order valence-corrected chi connectivity index (χ0v) is 13.8. The predicted molar refractivity (Wildman–Crippen MR) is 88.9 cm³/mol. The van der Waals surface area contributed by atoms with E-state index >= 15 is 0 Å². The molecule has 2 rings (SSSR count). The number of benzene rings is 1. The van der Waals surface area contributed by atoms with E-state index in [9.17, 15) is 0 Å². The fourth-order valence-corrected chi connectivity index (χ4v) is 2.91. The van der Waals surface area contributed by atoms with Gasteiger partial charge in [0.05, 0.1) is 13.2 Å². The highest BCUT2D eigenvalue weighted by molar-refractivity contribution is 5.80. The van der Waals surface area contributed by atoms with Crippen LogP contribution in [0.15, 0.2) is 29.3 Å². The highest BCUT2D eigenvalue weighted by Gasteiger charge is 2.24. The number of hydrogen-bond acceptors (Lipinski definition) is 3. The lowest BCUT2D eigenvalue weighted by Gasteiger charge is -2.21. The predicted octanol–water partition coefficient (Wildman–Crippen LogP) is 1.88. The molecule has 1 aliphatic heterocycles. The molecule has 122 valence electrons. The summed E-state index contributed by atoms with van der Waals surface area (Å²) in [6.45, 7) is 4.30. The highest BCUT2D eigenvalue weighted by Crippen LogP contribution is 2.16. The summed E-state index contributed by atoms with van der Waals surface area (Å²) in [4.78, 5) is 6.71. The first-order valence-corrected chi connectivity index (χ1v) is 7.78. The van der Waals surface area contributed by atoms with Gasteiger partial charge in [0, 0.05) is 46.8 Å². The summed E-state index contributed by atoms with van der Waals surface area (Å²) < 4.78 is 10.4. The van der Waals surface area contributed by atoms with E-state index in [4.69, 9.17) is 9.47 Å². The summed E-state index contributed by atoms with van der Waals surface area (Å²) in [7, 11) is 5.33. The molecule has 5 heteroatoms. The number of nitrogens with one attached hydrogen (secondary N) is 1. The van der Waals surface area contributed by atoms with Crippen LogP contribution in [0.1, 0.15) is 17.5 Å². The van der Waals surface area contributed by atoms with Crippen LogP contribution < -0.4 is 5.32 Å². The Kier molecular flexibility index (Phi) is 6.68. The van der Waals surface area contributed by atoms with Gasteiger partial charge in [-0.15, -0.1) is 0 Å². The lowest BCUT2D eigenvalue weighted by molar-refractivity contribution is 0.157. The SMILES string of the molecule is CN=C(NCc1cccc(COC)c1)N1CCC(COC)C1. The van der Waals surface area contributed by atoms with Crippen LogP contribution in [0.2, 0.25) is 0 Å². The maximum Gasteiger partial charge on any atom is 0.193 e. The monoisotopic (exact) mass is 305 g/mol. The zero-order chi connectivity index (χ0) is 15.8. The van der Waals surface area contributed by atoms with Crippen molar-refractivity contribution in [1.82, 2.24) is 10.2 Å². The van der Waals surface area contributed by atoms with Crippen molar-refractivity contribution < 1.29 is 9.47 Å². The molecule has 0 saturated carbocycles. The van der Waals surface area contributed by atoms with Crippen LogP contribution in [-0.4, -0.2) is 51.8 Å². The Labute approximate surface area is 133 Å². The van der Waals surface area contributed by atoms with E-state index in [-0.39, 0.29) is 0 Å². The van der Waals surface area contributed by atoms with Gasteiger partial charge in [0.2, 0.25) is 0 Å². The lowest BCUT2D eigenvalue weighted by Crippen LogP contribution is -2.39. The van der Waals surface area contributed by atoms with E-state index in [0.29, 0.717) is 12.5 Å². The summed E-state index contributed by atoms with van der Waals surface area (Å²) in [5.74, 6) is 1.57. The summed E-state index contributed by atoms with van der Waals surface area (Å²) in [6.07, 6.45) is 1.16. The second-order valence-electron chi connectivity index (χ2n) is 5.71. The Morgan fingerprint density at radius 3 is 2.86 bits per heavy atom. The molecule has 1 unspecified atom stereocenters. The van der Waals surface area contributed by atoms with Crippen LogP contribution in [0.4, 0.5) is 0 Å². The number of nitrogens with zero attached hydrogens (tertiary/aromatic N) is 2. The molecule has 22 heavy (non-hydrogen) atoms. The summed E-state index contributed by atoms with van der Waals surface area (Å²) in [6, 6.07) is 8.44. The van der Waals surface area contributed by atoms with Gasteiger partial charge in [0.25, 0.3) is 0 Å².